The van der Waals surface area contributed by atoms with E-state index >= 15 is 0 Å². The second-order valence-corrected chi connectivity index (χ2v) is 19.3. The van der Waals surface area contributed by atoms with Crippen LogP contribution in [0.5, 0.6) is 0 Å². The maximum atomic E-state index is 14.0. The topological polar surface area (TPSA) is 63.6 Å². The summed E-state index contributed by atoms with van der Waals surface area (Å²) in [5.41, 5.74) is -0.872. The van der Waals surface area contributed by atoms with Crippen LogP contribution in [0.3, 0.4) is 0 Å². The lowest BCUT2D eigenvalue weighted by Crippen LogP contribution is -2.51. The molecule has 0 heterocycles. The predicted octanol–water partition coefficient (Wildman–Crippen LogP) is 6.15. The number of hydrogen-bond donors (Lipinski definition) is 1. The second-order valence-electron chi connectivity index (χ2n) is 12.4. The zero-order chi connectivity index (χ0) is 24.9. The average Bonchev–Trinajstić information content (AvgIpc) is 2.70. The largest absolute Gasteiger partial charge is 0.410 e. The summed E-state index contributed by atoms with van der Waals surface area (Å²) in [5, 5.41) is 9.90. The van der Waals surface area contributed by atoms with Gasteiger partial charge in [-0.25, -0.2) is 8.42 Å². The Balaban J connectivity index is 2.14. The van der Waals surface area contributed by atoms with E-state index in [0.717, 1.165) is 0 Å². The lowest BCUT2D eigenvalue weighted by molar-refractivity contribution is 0.0641. The van der Waals surface area contributed by atoms with Crippen LogP contribution in [0.4, 0.5) is 0 Å². The lowest BCUT2D eigenvalue weighted by Gasteiger charge is -2.49. The highest BCUT2D eigenvalue weighted by Gasteiger charge is 2.51. The molecule has 0 unspecified atom stereocenters. The highest BCUT2D eigenvalue weighted by Crippen LogP contribution is 2.50. The molecule has 4 nitrogen and oxygen atoms in total. The van der Waals surface area contributed by atoms with Gasteiger partial charge in [-0.15, -0.1) is 0 Å². The molecule has 33 heavy (non-hydrogen) atoms. The number of sulfone groups is 1. The maximum Gasteiger partial charge on any atom is 0.192 e. The predicted molar refractivity (Wildman–Crippen MR) is 138 cm³/mol. The van der Waals surface area contributed by atoms with Crippen LogP contribution in [0.15, 0.2) is 59.5 Å². The van der Waals surface area contributed by atoms with E-state index in [-0.39, 0.29) is 17.1 Å². The minimum absolute atomic E-state index is 0.0517. The van der Waals surface area contributed by atoms with E-state index in [9.17, 15) is 13.5 Å². The van der Waals surface area contributed by atoms with E-state index in [2.05, 4.69) is 66.8 Å². The van der Waals surface area contributed by atoms with Crippen molar-refractivity contribution in [1.82, 2.24) is 0 Å². The minimum Gasteiger partial charge on any atom is -0.410 e. The van der Waals surface area contributed by atoms with E-state index in [1.807, 2.05) is 18.2 Å². The molecular formula is C27H42O4SSi. The molecule has 0 saturated carbocycles. The molecule has 184 valence electrons. The molecule has 0 radical (unpaired) electrons. The second kappa shape index (κ2) is 8.78. The lowest BCUT2D eigenvalue weighted by atomic mass is 9.64. The van der Waals surface area contributed by atoms with Crippen molar-refractivity contribution < 1.29 is 18.0 Å². The number of allylic oxidation sites excluding steroid dienone is 2. The summed E-state index contributed by atoms with van der Waals surface area (Å²) in [7, 11) is -5.71. The molecule has 0 saturated heterocycles. The first-order chi connectivity index (χ1) is 15.0. The Hall–Kier alpha value is -1.21. The average molecular weight is 491 g/mol. The zero-order valence-electron chi connectivity index (χ0n) is 21.5. The molecule has 0 spiro atoms. The fourth-order valence-corrected chi connectivity index (χ4v) is 8.66. The SMILES string of the molecule is CC1(C)C[C@H](S(=O)(=O)c2ccccc2)[C@@H]2C[C@H](O)C=C[C@]2(C)C=C[C@H]1O[Si](C)(C)C(C)(C)C. The van der Waals surface area contributed by atoms with Gasteiger partial charge < -0.3 is 9.53 Å². The van der Waals surface area contributed by atoms with E-state index in [1.165, 1.54) is 0 Å². The molecule has 1 N–H and O–H groups in total. The minimum atomic E-state index is -3.62. The Labute approximate surface area is 202 Å². The normalized spacial score (nSPS) is 32.6. The van der Waals surface area contributed by atoms with Crippen molar-refractivity contribution in [2.24, 2.45) is 16.7 Å². The van der Waals surface area contributed by atoms with Crippen molar-refractivity contribution in [1.29, 1.82) is 0 Å². The highest BCUT2D eigenvalue weighted by molar-refractivity contribution is 7.92. The summed E-state index contributed by atoms with van der Waals surface area (Å²) in [6, 6.07) is 8.77. The van der Waals surface area contributed by atoms with Gasteiger partial charge in [0, 0.05) is 5.41 Å². The number of benzene rings is 1. The molecule has 2 aliphatic rings. The summed E-state index contributed by atoms with van der Waals surface area (Å²) < 4.78 is 35.0. The van der Waals surface area contributed by atoms with E-state index in [4.69, 9.17) is 4.43 Å². The molecular weight excluding hydrogens is 448 g/mol. The van der Waals surface area contributed by atoms with E-state index in [0.29, 0.717) is 17.7 Å². The standard InChI is InChI=1S/C27H42O4SSi/c1-25(2,3)33(7,8)31-24-15-17-27(6)16-14-20(28)18-22(27)23(19-26(24,4)5)32(29,30)21-12-10-9-11-13-21/h9-17,20,22-24,28H,18-19H2,1-8H3/t20-,22+,23+,24-,27-/m1/s1. The quantitative estimate of drug-likeness (QED) is 0.406. The molecule has 1 aromatic carbocycles. The van der Waals surface area contributed by atoms with Crippen LogP contribution in [0.1, 0.15) is 54.4 Å². The number of aliphatic hydroxyl groups excluding tert-OH is 1. The zero-order valence-corrected chi connectivity index (χ0v) is 23.3. The van der Waals surface area contributed by atoms with Crippen molar-refractivity contribution in [3.8, 4) is 0 Å². The number of aliphatic hydroxyl groups is 1. The molecule has 0 amide bonds. The van der Waals surface area contributed by atoms with Crippen LogP contribution >= 0.6 is 0 Å². The van der Waals surface area contributed by atoms with Gasteiger partial charge in [0.15, 0.2) is 18.2 Å². The molecule has 2 aliphatic carbocycles. The molecule has 0 aromatic heterocycles. The molecule has 5 atom stereocenters. The number of rotatable bonds is 4. The first-order valence-corrected chi connectivity index (χ1v) is 16.5. The molecule has 0 fully saturated rings. The Kier molecular flexibility index (Phi) is 7.02. The third-order valence-corrected chi connectivity index (χ3v) is 14.9. The van der Waals surface area contributed by atoms with Gasteiger partial charge in [0.25, 0.3) is 0 Å². The van der Waals surface area contributed by atoms with Gasteiger partial charge in [0.1, 0.15) is 0 Å². The Morgan fingerprint density at radius 2 is 1.61 bits per heavy atom. The fraction of sp³-hybridized carbons (Fsp3) is 0.630. The van der Waals surface area contributed by atoms with E-state index in [1.54, 1.807) is 24.3 Å². The van der Waals surface area contributed by atoms with Crippen molar-refractivity contribution in [3.05, 3.63) is 54.6 Å². The molecule has 1 aromatic rings. The third kappa shape index (κ3) is 5.24. The Morgan fingerprint density at radius 1 is 1.03 bits per heavy atom. The van der Waals surface area contributed by atoms with Crippen LogP contribution in [0.2, 0.25) is 18.1 Å². The van der Waals surface area contributed by atoms with Gasteiger partial charge in [0.2, 0.25) is 0 Å². The fourth-order valence-electron chi connectivity index (χ4n) is 4.90. The van der Waals surface area contributed by atoms with Crippen molar-refractivity contribution >= 4 is 18.2 Å². The monoisotopic (exact) mass is 490 g/mol. The van der Waals surface area contributed by atoms with Crippen LogP contribution in [0.25, 0.3) is 0 Å². The summed E-state index contributed by atoms with van der Waals surface area (Å²) in [6.07, 6.45) is 8.19. The van der Waals surface area contributed by atoms with Crippen LogP contribution < -0.4 is 0 Å². The molecule has 0 bridgehead atoms. The van der Waals surface area contributed by atoms with Gasteiger partial charge in [-0.2, -0.15) is 0 Å². The van der Waals surface area contributed by atoms with Crippen LogP contribution in [-0.2, 0) is 14.3 Å². The van der Waals surface area contributed by atoms with Gasteiger partial charge >= 0.3 is 0 Å². The van der Waals surface area contributed by atoms with Gasteiger partial charge in [-0.1, -0.05) is 84.0 Å². The molecule has 3 rings (SSSR count). The Morgan fingerprint density at radius 3 is 2.18 bits per heavy atom. The van der Waals surface area contributed by atoms with Gasteiger partial charge in [-0.3, -0.25) is 0 Å². The van der Waals surface area contributed by atoms with Gasteiger partial charge in [-0.05, 0) is 54.4 Å². The number of fused-ring (bicyclic) bond motifs is 1. The van der Waals surface area contributed by atoms with Crippen molar-refractivity contribution in [2.45, 2.75) is 94.9 Å². The highest BCUT2D eigenvalue weighted by atomic mass is 32.2. The van der Waals surface area contributed by atoms with E-state index < -0.39 is 40.3 Å². The first kappa shape index (κ1) is 26.4. The van der Waals surface area contributed by atoms with Crippen LogP contribution in [-0.4, -0.2) is 39.3 Å². The summed E-state index contributed by atoms with van der Waals surface area (Å²) in [4.78, 5) is 0.351. The molecule has 6 heteroatoms. The van der Waals surface area contributed by atoms with Crippen molar-refractivity contribution in [3.63, 3.8) is 0 Å². The summed E-state index contributed by atoms with van der Waals surface area (Å²) in [5.74, 6) is -0.230. The number of hydrogen-bond acceptors (Lipinski definition) is 4. The Bertz CT molecular complexity index is 1000. The summed E-state index contributed by atoms with van der Waals surface area (Å²) >= 11 is 0. The smallest absolute Gasteiger partial charge is 0.192 e. The molecule has 0 aliphatic heterocycles. The van der Waals surface area contributed by atoms with Gasteiger partial charge in [0.05, 0.1) is 22.4 Å². The summed E-state index contributed by atoms with van der Waals surface area (Å²) in [6.45, 7) is 17.5. The van der Waals surface area contributed by atoms with Crippen LogP contribution in [0, 0.1) is 16.7 Å². The first-order valence-electron chi connectivity index (χ1n) is 12.0. The maximum absolute atomic E-state index is 14.0. The van der Waals surface area contributed by atoms with Crippen molar-refractivity contribution in [2.75, 3.05) is 0 Å². The third-order valence-electron chi connectivity index (χ3n) is 8.25.